The third-order valence-corrected chi connectivity index (χ3v) is 5.03. The lowest BCUT2D eigenvalue weighted by atomic mass is 9.77. The predicted molar refractivity (Wildman–Crippen MR) is 108 cm³/mol. The highest BCUT2D eigenvalue weighted by Gasteiger charge is 2.36. The molecule has 1 N–H and O–H groups in total. The van der Waals surface area contributed by atoms with Crippen LogP contribution in [0.2, 0.25) is 5.02 Å². The minimum absolute atomic E-state index is 0.00824. The fourth-order valence-electron chi connectivity index (χ4n) is 3.25. The van der Waals surface area contributed by atoms with Crippen molar-refractivity contribution in [2.45, 2.75) is 25.9 Å². The number of benzene rings is 2. The molecule has 2 nitrogen and oxygen atoms in total. The molecule has 0 bridgehead atoms. The number of hydrogen-bond donors (Lipinski definition) is 1. The summed E-state index contributed by atoms with van der Waals surface area (Å²) in [5, 5.41) is 12.3. The second-order valence-corrected chi connectivity index (χ2v) is 7.71. The molecule has 0 aliphatic rings. The molecule has 2 aromatic rings. The van der Waals surface area contributed by atoms with Gasteiger partial charge in [0.05, 0.1) is 5.60 Å². The van der Waals surface area contributed by atoms with E-state index in [1.807, 2.05) is 58.3 Å². The van der Waals surface area contributed by atoms with Gasteiger partial charge in [-0.2, -0.15) is 0 Å². The molecule has 0 aliphatic carbocycles. The molecule has 0 saturated heterocycles. The smallest absolute Gasteiger partial charge is 0.123 e. The van der Waals surface area contributed by atoms with E-state index in [2.05, 4.69) is 4.90 Å². The molecule has 0 spiro atoms. The molecule has 2 rings (SSSR count). The van der Waals surface area contributed by atoms with Gasteiger partial charge in [0.15, 0.2) is 0 Å². The van der Waals surface area contributed by atoms with Crippen LogP contribution in [0.4, 0.5) is 4.39 Å². The number of rotatable bonds is 7. The van der Waals surface area contributed by atoms with Crippen molar-refractivity contribution in [1.29, 1.82) is 0 Å². The molecular formula is C22H27ClFNO. The van der Waals surface area contributed by atoms with E-state index in [1.165, 1.54) is 12.1 Å². The highest BCUT2D eigenvalue weighted by atomic mass is 35.5. The van der Waals surface area contributed by atoms with Gasteiger partial charge in [0, 0.05) is 23.9 Å². The summed E-state index contributed by atoms with van der Waals surface area (Å²) in [4.78, 5) is 2.07. The minimum Gasteiger partial charge on any atom is -0.385 e. The van der Waals surface area contributed by atoms with Gasteiger partial charge in [0.1, 0.15) is 5.82 Å². The summed E-state index contributed by atoms with van der Waals surface area (Å²) in [5.74, 6) is -0.279. The average Bonchev–Trinajstić information content (AvgIpc) is 2.58. The van der Waals surface area contributed by atoms with E-state index in [0.29, 0.717) is 11.4 Å². The highest BCUT2D eigenvalue weighted by molar-refractivity contribution is 6.30. The summed E-state index contributed by atoms with van der Waals surface area (Å²) < 4.78 is 13.2. The van der Waals surface area contributed by atoms with Gasteiger partial charge in [-0.15, -0.1) is 0 Å². The molecular weight excluding hydrogens is 349 g/mol. The number of hydrogen-bond acceptors (Lipinski definition) is 2. The van der Waals surface area contributed by atoms with E-state index in [0.717, 1.165) is 23.2 Å². The first-order valence-corrected chi connectivity index (χ1v) is 9.14. The van der Waals surface area contributed by atoms with Gasteiger partial charge in [0.2, 0.25) is 0 Å². The Morgan fingerprint density at radius 1 is 1.15 bits per heavy atom. The lowest BCUT2D eigenvalue weighted by molar-refractivity contribution is 0.0149. The summed E-state index contributed by atoms with van der Waals surface area (Å²) in [6.45, 7) is 4.73. The summed E-state index contributed by atoms with van der Waals surface area (Å²) >= 11 is 5.96. The molecule has 0 radical (unpaired) electrons. The Hall–Kier alpha value is -1.68. The fraction of sp³-hybridized carbons (Fsp3) is 0.364. The zero-order chi connectivity index (χ0) is 19.3. The third-order valence-electron chi connectivity index (χ3n) is 4.78. The van der Waals surface area contributed by atoms with Gasteiger partial charge in [-0.05, 0) is 62.0 Å². The van der Waals surface area contributed by atoms with E-state index in [-0.39, 0.29) is 11.7 Å². The average molecular weight is 376 g/mol. The lowest BCUT2D eigenvalue weighted by Gasteiger charge is -2.37. The van der Waals surface area contributed by atoms with Gasteiger partial charge in [0.25, 0.3) is 0 Å². The van der Waals surface area contributed by atoms with Crippen molar-refractivity contribution in [2.75, 3.05) is 20.6 Å². The van der Waals surface area contributed by atoms with Gasteiger partial charge in [-0.3, -0.25) is 0 Å². The molecule has 2 unspecified atom stereocenters. The van der Waals surface area contributed by atoms with Crippen LogP contribution in [0.25, 0.3) is 6.08 Å². The van der Waals surface area contributed by atoms with Crippen LogP contribution in [-0.4, -0.2) is 36.2 Å². The molecule has 4 heteroatoms. The van der Waals surface area contributed by atoms with Crippen LogP contribution in [0.1, 0.15) is 25.0 Å². The standard InChI is InChI=1S/C22H27ClFNO/c1-16(13-18-5-9-20(23)10-6-18)22(26,17(2)15-25(3)4)14-19-7-11-21(24)12-8-19/h5-13,17,26H,14-15H2,1-4H3. The maximum Gasteiger partial charge on any atom is 0.123 e. The largest absolute Gasteiger partial charge is 0.385 e. The SMILES string of the molecule is CC(=Cc1ccc(Cl)cc1)C(O)(Cc1ccc(F)cc1)C(C)CN(C)C. The fourth-order valence-corrected chi connectivity index (χ4v) is 3.37. The summed E-state index contributed by atoms with van der Waals surface area (Å²) in [7, 11) is 3.99. The molecule has 2 atom stereocenters. The quantitative estimate of drug-likeness (QED) is 0.731. The second kappa shape index (κ2) is 8.81. The van der Waals surface area contributed by atoms with E-state index in [9.17, 15) is 9.50 Å². The van der Waals surface area contributed by atoms with E-state index >= 15 is 0 Å². The number of aliphatic hydroxyl groups is 1. The van der Waals surface area contributed by atoms with Crippen LogP contribution < -0.4 is 0 Å². The van der Waals surface area contributed by atoms with Crippen LogP contribution in [0.3, 0.4) is 0 Å². The molecule has 0 amide bonds. The van der Waals surface area contributed by atoms with Crippen LogP contribution >= 0.6 is 11.6 Å². The lowest BCUT2D eigenvalue weighted by Crippen LogP contribution is -2.44. The first-order chi connectivity index (χ1) is 12.2. The van der Waals surface area contributed by atoms with Crippen LogP contribution in [0.15, 0.2) is 54.1 Å². The number of halogens is 2. The molecule has 0 heterocycles. The Morgan fingerprint density at radius 2 is 1.73 bits per heavy atom. The Kier molecular flexibility index (Phi) is 6.99. The van der Waals surface area contributed by atoms with Crippen molar-refractivity contribution < 1.29 is 9.50 Å². The van der Waals surface area contributed by atoms with Gasteiger partial charge in [-0.1, -0.05) is 48.9 Å². The number of nitrogens with zero attached hydrogens (tertiary/aromatic N) is 1. The third kappa shape index (κ3) is 5.41. The van der Waals surface area contributed by atoms with Crippen LogP contribution in [0.5, 0.6) is 0 Å². The van der Waals surface area contributed by atoms with E-state index in [4.69, 9.17) is 11.6 Å². The molecule has 0 aliphatic heterocycles. The predicted octanol–water partition coefficient (Wildman–Crippen LogP) is 5.05. The van der Waals surface area contributed by atoms with Gasteiger partial charge >= 0.3 is 0 Å². The maximum atomic E-state index is 13.2. The first kappa shape index (κ1) is 20.6. The van der Waals surface area contributed by atoms with Crippen molar-refractivity contribution in [2.24, 2.45) is 5.92 Å². The second-order valence-electron chi connectivity index (χ2n) is 7.27. The van der Waals surface area contributed by atoms with Crippen LogP contribution in [-0.2, 0) is 6.42 Å². The summed E-state index contributed by atoms with van der Waals surface area (Å²) in [5.41, 5.74) is 1.73. The highest BCUT2D eigenvalue weighted by Crippen LogP contribution is 2.32. The molecule has 0 fully saturated rings. The normalized spacial score (nSPS) is 15.8. The van der Waals surface area contributed by atoms with Crippen molar-refractivity contribution in [3.8, 4) is 0 Å². The molecule has 140 valence electrons. The van der Waals surface area contributed by atoms with Crippen molar-refractivity contribution in [3.05, 3.63) is 76.1 Å². The van der Waals surface area contributed by atoms with Crippen molar-refractivity contribution in [1.82, 2.24) is 4.90 Å². The van der Waals surface area contributed by atoms with Gasteiger partial charge < -0.3 is 10.0 Å². The van der Waals surface area contributed by atoms with E-state index < -0.39 is 5.60 Å². The van der Waals surface area contributed by atoms with Crippen molar-refractivity contribution >= 4 is 17.7 Å². The summed E-state index contributed by atoms with van der Waals surface area (Å²) in [6, 6.07) is 13.9. The zero-order valence-electron chi connectivity index (χ0n) is 15.8. The zero-order valence-corrected chi connectivity index (χ0v) is 16.6. The van der Waals surface area contributed by atoms with E-state index in [1.54, 1.807) is 12.1 Å². The Bertz CT molecular complexity index is 740. The van der Waals surface area contributed by atoms with Gasteiger partial charge in [-0.25, -0.2) is 4.39 Å². The monoisotopic (exact) mass is 375 g/mol. The Labute approximate surface area is 160 Å². The maximum absolute atomic E-state index is 13.2. The molecule has 2 aromatic carbocycles. The Balaban J connectivity index is 2.37. The summed E-state index contributed by atoms with van der Waals surface area (Å²) in [6.07, 6.45) is 2.42. The molecule has 0 saturated carbocycles. The van der Waals surface area contributed by atoms with Crippen LogP contribution in [0, 0.1) is 11.7 Å². The molecule has 26 heavy (non-hydrogen) atoms. The van der Waals surface area contributed by atoms with Crippen molar-refractivity contribution in [3.63, 3.8) is 0 Å². The first-order valence-electron chi connectivity index (χ1n) is 8.76. The minimum atomic E-state index is -1.04. The molecule has 0 aromatic heterocycles. The topological polar surface area (TPSA) is 23.5 Å². The Morgan fingerprint density at radius 3 is 2.27 bits per heavy atom.